The highest BCUT2D eigenvalue weighted by atomic mass is 32.2. The van der Waals surface area contributed by atoms with Gasteiger partial charge in [0.2, 0.25) is 11.0 Å². The number of benzene rings is 5. The molecule has 2 aliphatic rings. The summed E-state index contributed by atoms with van der Waals surface area (Å²) in [6, 6.07) is 25.6. The van der Waals surface area contributed by atoms with Gasteiger partial charge in [-0.3, -0.25) is 9.11 Å². The van der Waals surface area contributed by atoms with E-state index in [9.17, 15) is 36.2 Å². The minimum Gasteiger partial charge on any atom is -0.506 e. The van der Waals surface area contributed by atoms with Crippen LogP contribution in [-0.2, 0) is 20.2 Å². The molecule has 0 aromatic heterocycles. The number of anilines is 2. The van der Waals surface area contributed by atoms with E-state index in [0.29, 0.717) is 16.8 Å². The molecule has 11 nitrogen and oxygen atoms in total. The predicted octanol–water partition coefficient (Wildman–Crippen LogP) is 4.17. The fourth-order valence-electron chi connectivity index (χ4n) is 4.95. The summed E-state index contributed by atoms with van der Waals surface area (Å²) in [5, 5.41) is 23.8. The Morgan fingerprint density at radius 3 is 2.02 bits per heavy atom. The number of para-hydroxylation sites is 4. The molecule has 44 heavy (non-hydrogen) atoms. The Bertz CT molecular complexity index is 2350. The number of phenols is 2. The number of hydrogen-bond donors (Lipinski definition) is 6. The van der Waals surface area contributed by atoms with E-state index in [4.69, 9.17) is 4.42 Å². The predicted molar refractivity (Wildman–Crippen MR) is 161 cm³/mol. The zero-order valence-corrected chi connectivity index (χ0v) is 24.1. The molecular weight excluding hydrogens is 608 g/mol. The van der Waals surface area contributed by atoms with E-state index in [1.54, 1.807) is 54.6 Å². The molecule has 0 radical (unpaired) electrons. The maximum Gasteiger partial charge on any atom is 0.301 e. The molecule has 0 fully saturated rings. The van der Waals surface area contributed by atoms with E-state index >= 15 is 0 Å². The summed E-state index contributed by atoms with van der Waals surface area (Å²) in [5.74, 6) is -0.113. The molecule has 6 N–H and O–H groups in total. The van der Waals surface area contributed by atoms with Crippen molar-refractivity contribution in [1.29, 1.82) is 0 Å². The molecule has 0 spiro atoms. The minimum absolute atomic E-state index is 0.00318. The monoisotopic (exact) mass is 631 g/mol. The van der Waals surface area contributed by atoms with Crippen molar-refractivity contribution in [3.8, 4) is 33.9 Å². The van der Waals surface area contributed by atoms with Crippen LogP contribution >= 0.6 is 0 Å². The molecule has 0 saturated heterocycles. The molecule has 0 unspecified atom stereocenters. The van der Waals surface area contributed by atoms with Gasteiger partial charge in [-0.15, -0.1) is 0 Å². The summed E-state index contributed by atoms with van der Waals surface area (Å²) >= 11 is 0. The van der Waals surface area contributed by atoms with Crippen molar-refractivity contribution in [3.05, 3.63) is 108 Å². The van der Waals surface area contributed by atoms with Crippen LogP contribution in [0, 0.1) is 0 Å². The summed E-state index contributed by atoms with van der Waals surface area (Å²) in [7, 11) is -9.62. The largest absolute Gasteiger partial charge is 0.506 e. The van der Waals surface area contributed by atoms with Gasteiger partial charge in [0, 0.05) is 39.9 Å². The smallest absolute Gasteiger partial charge is 0.301 e. The number of aromatic hydroxyl groups is 2. The highest BCUT2D eigenvalue weighted by Crippen LogP contribution is 2.43. The fraction of sp³-hybridized carbons (Fsp3) is 0. The lowest BCUT2D eigenvalue weighted by molar-refractivity contribution is -0.406. The molecule has 0 atom stereocenters. The quantitative estimate of drug-likeness (QED) is 0.0885. The molecule has 1 heterocycles. The third-order valence-electron chi connectivity index (χ3n) is 6.89. The highest BCUT2D eigenvalue weighted by Gasteiger charge is 2.28. The molecule has 0 bridgehead atoms. The molecule has 222 valence electrons. The van der Waals surface area contributed by atoms with E-state index in [1.807, 2.05) is 0 Å². The first-order valence-corrected chi connectivity index (χ1v) is 15.8. The van der Waals surface area contributed by atoms with Gasteiger partial charge in [-0.25, -0.2) is 4.99 Å². The maximum atomic E-state index is 12.6. The van der Waals surface area contributed by atoms with Crippen LogP contribution in [0.25, 0.3) is 33.4 Å². The summed E-state index contributed by atoms with van der Waals surface area (Å²) in [5.41, 5.74) is 1.63. The first kappa shape index (κ1) is 28.9. The average Bonchev–Trinajstić information content (AvgIpc) is 2.97. The van der Waals surface area contributed by atoms with Gasteiger partial charge in [0.1, 0.15) is 22.0 Å². The second kappa shape index (κ2) is 10.8. The fourth-order valence-corrected chi connectivity index (χ4v) is 6.31. The standard InChI is InChI=1S/C31H22N2O9S2/c34-25-10-4-2-8-22(25)32-18-13-14-19-27(15-18)42-28-17-24(33-23-9-3-5-11-26(23)35)30(44(39,40)41)16-21(28)31(19)20-7-1-6-12-29(20)43(36,37)38/h1-17,32,34-35H,(H,36,37,38)(H,39,40,41)/p+1. The van der Waals surface area contributed by atoms with Crippen LogP contribution in [-0.4, -0.2) is 36.2 Å². The van der Waals surface area contributed by atoms with Crippen LogP contribution in [0.3, 0.4) is 0 Å². The van der Waals surface area contributed by atoms with Crippen LogP contribution in [0.1, 0.15) is 0 Å². The van der Waals surface area contributed by atoms with Gasteiger partial charge in [0.15, 0.2) is 10.6 Å². The maximum absolute atomic E-state index is 12.6. The highest BCUT2D eigenvalue weighted by molar-refractivity contribution is 7.86. The van der Waals surface area contributed by atoms with Gasteiger partial charge in [-0.1, -0.05) is 42.5 Å². The van der Waals surface area contributed by atoms with Crippen LogP contribution in [0.2, 0.25) is 0 Å². The van der Waals surface area contributed by atoms with Crippen LogP contribution < -0.4 is 15.7 Å². The lowest BCUT2D eigenvalue weighted by atomic mass is 9.93. The Balaban J connectivity index is 1.73. The Labute approximate surface area is 250 Å². The van der Waals surface area contributed by atoms with Crippen molar-refractivity contribution in [1.82, 2.24) is 0 Å². The van der Waals surface area contributed by atoms with Gasteiger partial charge in [0.05, 0.1) is 11.8 Å². The van der Waals surface area contributed by atoms with Crippen LogP contribution in [0.4, 0.5) is 17.1 Å². The third kappa shape index (κ3) is 5.47. The number of hydrogen-bond acceptors (Lipinski definition) is 8. The van der Waals surface area contributed by atoms with Gasteiger partial charge >= 0.3 is 10.1 Å². The number of phenolic OH excluding ortho intramolecular Hbond substituents is 2. The molecule has 1 aliphatic heterocycles. The summed E-state index contributed by atoms with van der Waals surface area (Å²) in [4.78, 5) is 1.79. The molecule has 13 heteroatoms. The zero-order chi connectivity index (χ0) is 31.2. The van der Waals surface area contributed by atoms with Gasteiger partial charge in [-0.05, 0) is 42.5 Å². The van der Waals surface area contributed by atoms with E-state index in [1.165, 1.54) is 42.5 Å². The van der Waals surface area contributed by atoms with Gasteiger partial charge in [0.25, 0.3) is 10.1 Å². The second-order valence-electron chi connectivity index (χ2n) is 9.76. The Morgan fingerprint density at radius 2 is 1.32 bits per heavy atom. The van der Waals surface area contributed by atoms with E-state index in [2.05, 4.69) is 10.3 Å². The van der Waals surface area contributed by atoms with Gasteiger partial charge < -0.3 is 19.9 Å². The van der Waals surface area contributed by atoms with E-state index < -0.39 is 30.0 Å². The Morgan fingerprint density at radius 1 is 0.659 bits per heavy atom. The molecule has 6 rings (SSSR count). The molecular formula is C31H23N2O9S2+. The lowest BCUT2D eigenvalue weighted by Gasteiger charge is -2.18. The molecule has 0 amide bonds. The normalized spacial score (nSPS) is 12.5. The third-order valence-corrected chi connectivity index (χ3v) is 8.70. The molecule has 1 aliphatic carbocycles. The molecule has 4 aromatic carbocycles. The number of fused-ring (bicyclic) bond motifs is 2. The van der Waals surface area contributed by atoms with Crippen LogP contribution in [0.5, 0.6) is 11.5 Å². The van der Waals surface area contributed by atoms with Crippen molar-refractivity contribution in [2.45, 2.75) is 9.79 Å². The molecule has 0 saturated carbocycles. The van der Waals surface area contributed by atoms with Crippen molar-refractivity contribution in [2.24, 2.45) is 0 Å². The first-order chi connectivity index (χ1) is 20.9. The minimum atomic E-state index is -4.88. The number of rotatable bonds is 6. The zero-order valence-electron chi connectivity index (χ0n) is 22.5. The second-order valence-corrected chi connectivity index (χ2v) is 12.5. The Kier molecular flexibility index (Phi) is 7.10. The van der Waals surface area contributed by atoms with Crippen molar-refractivity contribution in [2.75, 3.05) is 5.32 Å². The molecule has 4 aromatic rings. The summed E-state index contributed by atoms with van der Waals surface area (Å²) in [6.07, 6.45) is 0. The first-order valence-electron chi connectivity index (χ1n) is 12.9. The SMILES string of the molecule is O=S(=O)(O)c1ccccc1-c1c2cc(S(=O)(=O)O)c(=[NH+]c3ccccc3O)cc-2oc2cc(Nc3ccccc3O)ccc12. The van der Waals surface area contributed by atoms with Crippen molar-refractivity contribution < 1.29 is 45.6 Å². The lowest BCUT2D eigenvalue weighted by Crippen LogP contribution is -2.71. The van der Waals surface area contributed by atoms with Crippen molar-refractivity contribution >= 4 is 48.3 Å². The van der Waals surface area contributed by atoms with Crippen LogP contribution in [0.15, 0.2) is 117 Å². The van der Waals surface area contributed by atoms with E-state index in [-0.39, 0.29) is 50.6 Å². The average molecular weight is 632 g/mol. The summed E-state index contributed by atoms with van der Waals surface area (Å²) in [6.45, 7) is 0. The van der Waals surface area contributed by atoms with E-state index in [0.717, 1.165) is 6.07 Å². The topological polar surface area (TPSA) is 188 Å². The van der Waals surface area contributed by atoms with Gasteiger partial charge in [-0.2, -0.15) is 16.8 Å². The number of nitrogens with one attached hydrogen (secondary N) is 2. The Hall–Kier alpha value is -5.21. The summed E-state index contributed by atoms with van der Waals surface area (Å²) < 4.78 is 76.6. The van der Waals surface area contributed by atoms with Crippen molar-refractivity contribution in [3.63, 3.8) is 0 Å².